The summed E-state index contributed by atoms with van der Waals surface area (Å²) in [6.07, 6.45) is 1.67. The molecule has 1 fully saturated rings. The van der Waals surface area contributed by atoms with Crippen molar-refractivity contribution in [2.24, 2.45) is 12.8 Å². The third-order valence-electron chi connectivity index (χ3n) is 5.01. The maximum Gasteiger partial charge on any atom is 0.217 e. The highest BCUT2D eigenvalue weighted by atomic mass is 16.5. The highest BCUT2D eigenvalue weighted by Crippen LogP contribution is 2.41. The Morgan fingerprint density at radius 3 is 2.64 bits per heavy atom. The molecule has 1 heterocycles. The number of aliphatic hydroxyl groups is 1. The first kappa shape index (κ1) is 18.2. The van der Waals surface area contributed by atoms with Gasteiger partial charge in [0.25, 0.3) is 0 Å². The normalized spacial score (nSPS) is 14.5. The third kappa shape index (κ3) is 3.63. The highest BCUT2D eigenvalue weighted by Gasteiger charge is 2.27. The molecule has 1 aliphatic rings. The van der Waals surface area contributed by atoms with E-state index in [0.29, 0.717) is 23.1 Å². The summed E-state index contributed by atoms with van der Waals surface area (Å²) in [5, 5.41) is 23.7. The molecule has 0 spiro atoms. The fraction of sp³-hybridized carbons (Fsp3) is 0.273. The van der Waals surface area contributed by atoms with Crippen molar-refractivity contribution in [2.45, 2.75) is 24.9 Å². The molecule has 28 heavy (non-hydrogen) atoms. The van der Waals surface area contributed by atoms with Crippen molar-refractivity contribution in [3.63, 3.8) is 0 Å². The standard InChI is InChI=1S/C22H22N4O2/c1-26-22(11-19(25-26)16-5-6-16)28-21-10-14(12-23)2-9-18(21)15-3-7-17(8-4-15)20(27)13-24/h2-4,7-11,16,20,27H,5-6,13,24H2,1H3. The lowest BCUT2D eigenvalue weighted by Crippen LogP contribution is -2.11. The van der Waals surface area contributed by atoms with Crippen LogP contribution in [0.25, 0.3) is 11.1 Å². The monoisotopic (exact) mass is 374 g/mol. The van der Waals surface area contributed by atoms with Gasteiger partial charge in [-0.15, -0.1) is 0 Å². The molecule has 3 N–H and O–H groups in total. The Labute approximate surface area is 163 Å². The van der Waals surface area contributed by atoms with Gasteiger partial charge in [0, 0.05) is 31.1 Å². The number of aromatic nitrogens is 2. The van der Waals surface area contributed by atoms with Gasteiger partial charge in [-0.3, -0.25) is 0 Å². The second-order valence-corrected chi connectivity index (χ2v) is 7.10. The van der Waals surface area contributed by atoms with Crippen LogP contribution >= 0.6 is 0 Å². The quantitative estimate of drug-likeness (QED) is 0.687. The van der Waals surface area contributed by atoms with E-state index in [-0.39, 0.29) is 6.54 Å². The minimum absolute atomic E-state index is 0.175. The first-order valence-electron chi connectivity index (χ1n) is 9.33. The lowest BCUT2D eigenvalue weighted by Gasteiger charge is -2.13. The topological polar surface area (TPSA) is 97.1 Å². The zero-order valence-corrected chi connectivity index (χ0v) is 15.7. The summed E-state index contributed by atoms with van der Waals surface area (Å²) in [7, 11) is 1.86. The van der Waals surface area contributed by atoms with Crippen molar-refractivity contribution in [1.82, 2.24) is 9.78 Å². The van der Waals surface area contributed by atoms with Crippen molar-refractivity contribution in [1.29, 1.82) is 5.26 Å². The van der Waals surface area contributed by atoms with E-state index >= 15 is 0 Å². The number of aliphatic hydroxyl groups excluding tert-OH is 1. The van der Waals surface area contributed by atoms with Gasteiger partial charge < -0.3 is 15.6 Å². The van der Waals surface area contributed by atoms with Gasteiger partial charge in [0.15, 0.2) is 0 Å². The molecular formula is C22H22N4O2. The predicted molar refractivity (Wildman–Crippen MR) is 106 cm³/mol. The summed E-state index contributed by atoms with van der Waals surface area (Å²) < 4.78 is 7.91. The number of nitrogens with two attached hydrogens (primary N) is 1. The van der Waals surface area contributed by atoms with E-state index in [1.54, 1.807) is 16.8 Å². The summed E-state index contributed by atoms with van der Waals surface area (Å²) in [4.78, 5) is 0. The number of hydrogen-bond donors (Lipinski definition) is 2. The largest absolute Gasteiger partial charge is 0.439 e. The van der Waals surface area contributed by atoms with Gasteiger partial charge in [0.05, 0.1) is 23.4 Å². The fourth-order valence-electron chi connectivity index (χ4n) is 3.19. The number of nitrogens with zero attached hydrogens (tertiary/aromatic N) is 3. The minimum atomic E-state index is -0.680. The average molecular weight is 374 g/mol. The molecule has 1 atom stereocenters. The Bertz CT molecular complexity index is 1030. The second-order valence-electron chi connectivity index (χ2n) is 7.10. The number of ether oxygens (including phenoxy) is 1. The van der Waals surface area contributed by atoms with Crippen molar-refractivity contribution in [3.8, 4) is 28.8 Å². The zero-order valence-electron chi connectivity index (χ0n) is 15.7. The molecule has 2 aromatic carbocycles. The molecule has 0 bridgehead atoms. The average Bonchev–Trinajstić information content (AvgIpc) is 3.51. The third-order valence-corrected chi connectivity index (χ3v) is 5.01. The van der Waals surface area contributed by atoms with Gasteiger partial charge in [-0.2, -0.15) is 10.4 Å². The van der Waals surface area contributed by atoms with Crippen LogP contribution in [0.2, 0.25) is 0 Å². The molecule has 1 aromatic heterocycles. The molecule has 4 rings (SSSR count). The van der Waals surface area contributed by atoms with Crippen molar-refractivity contribution in [2.75, 3.05) is 6.54 Å². The van der Waals surface area contributed by atoms with Crippen molar-refractivity contribution < 1.29 is 9.84 Å². The SMILES string of the molecule is Cn1nc(C2CC2)cc1Oc1cc(C#N)ccc1-c1ccc(C(O)CN)cc1. The van der Waals surface area contributed by atoms with Crippen LogP contribution in [0.1, 0.15) is 41.7 Å². The van der Waals surface area contributed by atoms with Gasteiger partial charge in [-0.25, -0.2) is 4.68 Å². The summed E-state index contributed by atoms with van der Waals surface area (Å²) >= 11 is 0. The Morgan fingerprint density at radius 2 is 2.00 bits per heavy atom. The maximum atomic E-state index is 9.90. The molecule has 6 heteroatoms. The molecule has 1 unspecified atom stereocenters. The first-order valence-corrected chi connectivity index (χ1v) is 9.33. The maximum absolute atomic E-state index is 9.90. The van der Waals surface area contributed by atoms with E-state index in [1.165, 1.54) is 12.8 Å². The summed E-state index contributed by atoms with van der Waals surface area (Å²) in [6.45, 7) is 0.175. The van der Waals surface area contributed by atoms with E-state index in [2.05, 4.69) is 11.2 Å². The van der Waals surface area contributed by atoms with Gasteiger partial charge in [-0.05, 0) is 42.2 Å². The Morgan fingerprint density at radius 1 is 1.25 bits per heavy atom. The van der Waals surface area contributed by atoms with Crippen LogP contribution in [0.5, 0.6) is 11.6 Å². The van der Waals surface area contributed by atoms with E-state index in [9.17, 15) is 10.4 Å². The van der Waals surface area contributed by atoms with Crippen LogP contribution in [-0.2, 0) is 7.05 Å². The summed E-state index contributed by atoms with van der Waals surface area (Å²) in [6, 6.07) is 17.1. The molecule has 3 aromatic rings. The molecule has 142 valence electrons. The van der Waals surface area contributed by atoms with Gasteiger partial charge in [0.2, 0.25) is 5.88 Å². The first-order chi connectivity index (χ1) is 13.6. The molecular weight excluding hydrogens is 352 g/mol. The van der Waals surface area contributed by atoms with Gasteiger partial charge >= 0.3 is 0 Å². The molecule has 0 amide bonds. The lowest BCUT2D eigenvalue weighted by atomic mass is 10.00. The van der Waals surface area contributed by atoms with E-state index in [1.807, 2.05) is 43.4 Å². The minimum Gasteiger partial charge on any atom is -0.439 e. The van der Waals surface area contributed by atoms with Crippen LogP contribution in [0.15, 0.2) is 48.5 Å². The van der Waals surface area contributed by atoms with E-state index in [4.69, 9.17) is 10.5 Å². The second kappa shape index (κ2) is 7.47. The van der Waals surface area contributed by atoms with Crippen LogP contribution in [0.3, 0.4) is 0 Å². The molecule has 1 saturated carbocycles. The van der Waals surface area contributed by atoms with Crippen LogP contribution in [0.4, 0.5) is 0 Å². The van der Waals surface area contributed by atoms with Gasteiger partial charge in [0.1, 0.15) is 5.75 Å². The number of hydrogen-bond acceptors (Lipinski definition) is 5. The smallest absolute Gasteiger partial charge is 0.217 e. The molecule has 6 nitrogen and oxygen atoms in total. The Hall–Kier alpha value is -3.14. The Balaban J connectivity index is 1.69. The lowest BCUT2D eigenvalue weighted by molar-refractivity contribution is 0.187. The highest BCUT2D eigenvalue weighted by molar-refractivity contribution is 5.72. The van der Waals surface area contributed by atoms with Gasteiger partial charge in [-0.1, -0.05) is 24.3 Å². The molecule has 0 radical (unpaired) electrons. The summed E-state index contributed by atoms with van der Waals surface area (Å²) in [5.41, 5.74) is 9.66. The molecule has 0 saturated heterocycles. The molecule has 1 aliphatic carbocycles. The van der Waals surface area contributed by atoms with E-state index in [0.717, 1.165) is 22.4 Å². The summed E-state index contributed by atoms with van der Waals surface area (Å²) in [5.74, 6) is 1.78. The van der Waals surface area contributed by atoms with Crippen LogP contribution in [-0.4, -0.2) is 21.4 Å². The fourth-order valence-corrected chi connectivity index (χ4v) is 3.19. The van der Waals surface area contributed by atoms with Crippen LogP contribution in [0, 0.1) is 11.3 Å². The number of aryl methyl sites for hydroxylation is 1. The van der Waals surface area contributed by atoms with E-state index < -0.39 is 6.10 Å². The number of rotatable bonds is 6. The van der Waals surface area contributed by atoms with Crippen molar-refractivity contribution >= 4 is 0 Å². The predicted octanol–water partition coefficient (Wildman–Crippen LogP) is 3.62. The van der Waals surface area contributed by atoms with Crippen LogP contribution < -0.4 is 10.5 Å². The zero-order chi connectivity index (χ0) is 19.7. The Kier molecular flexibility index (Phi) is 4.86. The van der Waals surface area contributed by atoms with Crippen molar-refractivity contribution in [3.05, 3.63) is 65.4 Å². The number of nitriles is 1. The number of benzene rings is 2. The molecule has 0 aliphatic heterocycles.